The summed E-state index contributed by atoms with van der Waals surface area (Å²) in [6.07, 6.45) is -4.41. The van der Waals surface area contributed by atoms with Crippen molar-refractivity contribution in [1.82, 2.24) is 9.80 Å². The largest absolute Gasteiger partial charge is 0.411 e. The highest BCUT2D eigenvalue weighted by molar-refractivity contribution is 6.30. The zero-order chi connectivity index (χ0) is 16.9. The van der Waals surface area contributed by atoms with Gasteiger partial charge in [-0.3, -0.25) is 9.69 Å². The topological polar surface area (TPSA) is 32.8 Å². The van der Waals surface area contributed by atoms with Crippen molar-refractivity contribution in [3.63, 3.8) is 0 Å². The van der Waals surface area contributed by atoms with Crippen LogP contribution in [0.3, 0.4) is 0 Å². The number of rotatable bonds is 5. The highest BCUT2D eigenvalue weighted by Crippen LogP contribution is 2.15. The van der Waals surface area contributed by atoms with E-state index in [4.69, 9.17) is 11.6 Å². The summed E-state index contributed by atoms with van der Waals surface area (Å²) in [5.41, 5.74) is 1.13. The first kappa shape index (κ1) is 18.0. The fourth-order valence-electron chi connectivity index (χ4n) is 2.35. The van der Waals surface area contributed by atoms with Crippen LogP contribution < -0.4 is 0 Å². The number of halogens is 4. The van der Waals surface area contributed by atoms with Crippen molar-refractivity contribution in [2.75, 3.05) is 39.4 Å². The van der Waals surface area contributed by atoms with Crippen molar-refractivity contribution in [2.24, 2.45) is 0 Å². The lowest BCUT2D eigenvalue weighted by molar-refractivity contribution is -0.178. The van der Waals surface area contributed by atoms with Crippen LogP contribution in [-0.4, -0.2) is 61.3 Å². The lowest BCUT2D eigenvalue weighted by Crippen LogP contribution is -2.49. The Morgan fingerprint density at radius 2 is 1.74 bits per heavy atom. The number of piperazine rings is 1. The van der Waals surface area contributed by atoms with Gasteiger partial charge < -0.3 is 9.64 Å². The third-order valence-corrected chi connectivity index (χ3v) is 3.79. The van der Waals surface area contributed by atoms with E-state index in [2.05, 4.69) is 9.64 Å². The van der Waals surface area contributed by atoms with E-state index in [1.54, 1.807) is 0 Å². The van der Waals surface area contributed by atoms with Crippen LogP contribution in [0.4, 0.5) is 13.2 Å². The molecule has 1 aromatic carbocycles. The Labute approximate surface area is 137 Å². The molecule has 1 fully saturated rings. The molecule has 0 N–H and O–H groups in total. The van der Waals surface area contributed by atoms with Gasteiger partial charge in [0.1, 0.15) is 13.2 Å². The van der Waals surface area contributed by atoms with Crippen molar-refractivity contribution in [3.8, 4) is 0 Å². The Hall–Kier alpha value is -1.31. The molecule has 1 aliphatic rings. The second-order valence-corrected chi connectivity index (χ2v) is 5.83. The van der Waals surface area contributed by atoms with Crippen molar-refractivity contribution in [2.45, 2.75) is 12.7 Å². The van der Waals surface area contributed by atoms with Gasteiger partial charge >= 0.3 is 6.18 Å². The smallest absolute Gasteiger partial charge is 0.362 e. The first-order chi connectivity index (χ1) is 10.8. The Morgan fingerprint density at radius 3 is 2.30 bits per heavy atom. The Balaban J connectivity index is 1.71. The molecule has 1 aliphatic heterocycles. The minimum atomic E-state index is -4.41. The van der Waals surface area contributed by atoms with E-state index < -0.39 is 25.3 Å². The summed E-state index contributed by atoms with van der Waals surface area (Å²) in [7, 11) is 0. The van der Waals surface area contributed by atoms with Gasteiger partial charge in [0.25, 0.3) is 0 Å². The molecule has 23 heavy (non-hydrogen) atoms. The standard InChI is InChI=1S/C15H18ClF3N2O2/c16-13-3-1-12(2-4-13)9-20-5-7-21(8-6-20)14(22)10-23-11-15(17,18)19/h1-4H,5-11H2. The molecule has 4 nitrogen and oxygen atoms in total. The highest BCUT2D eigenvalue weighted by atomic mass is 35.5. The monoisotopic (exact) mass is 350 g/mol. The number of nitrogens with zero attached hydrogens (tertiary/aromatic N) is 2. The average molecular weight is 351 g/mol. The third-order valence-electron chi connectivity index (χ3n) is 3.54. The molecule has 0 aromatic heterocycles. The van der Waals surface area contributed by atoms with E-state index >= 15 is 0 Å². The van der Waals surface area contributed by atoms with Crippen molar-refractivity contribution in [1.29, 1.82) is 0 Å². The maximum Gasteiger partial charge on any atom is 0.411 e. The van der Waals surface area contributed by atoms with Gasteiger partial charge in [0.15, 0.2) is 0 Å². The van der Waals surface area contributed by atoms with E-state index in [1.165, 1.54) is 4.90 Å². The van der Waals surface area contributed by atoms with Crippen molar-refractivity contribution >= 4 is 17.5 Å². The first-order valence-electron chi connectivity index (χ1n) is 7.22. The summed E-state index contributed by atoms with van der Waals surface area (Å²) in [4.78, 5) is 15.5. The first-order valence-corrected chi connectivity index (χ1v) is 7.60. The molecule has 0 radical (unpaired) electrons. The molecule has 1 heterocycles. The summed E-state index contributed by atoms with van der Waals surface area (Å²) < 4.78 is 40.3. The van der Waals surface area contributed by atoms with Crippen LogP contribution in [0.2, 0.25) is 5.02 Å². The van der Waals surface area contributed by atoms with E-state index in [9.17, 15) is 18.0 Å². The van der Waals surface area contributed by atoms with Crippen LogP contribution in [0.25, 0.3) is 0 Å². The minimum Gasteiger partial charge on any atom is -0.362 e. The predicted octanol–water partition coefficient (Wildman–Crippen LogP) is 2.56. The molecule has 0 aliphatic carbocycles. The van der Waals surface area contributed by atoms with E-state index in [-0.39, 0.29) is 0 Å². The van der Waals surface area contributed by atoms with Gasteiger partial charge in [-0.15, -0.1) is 0 Å². The van der Waals surface area contributed by atoms with Crippen LogP contribution in [-0.2, 0) is 16.1 Å². The summed E-state index contributed by atoms with van der Waals surface area (Å²) in [6.45, 7) is 1.15. The van der Waals surface area contributed by atoms with Gasteiger partial charge in [-0.05, 0) is 17.7 Å². The SMILES string of the molecule is O=C(COCC(F)(F)F)N1CCN(Cc2ccc(Cl)cc2)CC1. The molecule has 1 aromatic rings. The van der Waals surface area contributed by atoms with Crippen LogP contribution in [0.5, 0.6) is 0 Å². The number of amides is 1. The van der Waals surface area contributed by atoms with Crippen LogP contribution >= 0.6 is 11.6 Å². The zero-order valence-electron chi connectivity index (χ0n) is 12.5. The van der Waals surface area contributed by atoms with Gasteiger partial charge in [0.2, 0.25) is 5.91 Å². The predicted molar refractivity (Wildman–Crippen MR) is 80.2 cm³/mol. The molecule has 0 bridgehead atoms. The van der Waals surface area contributed by atoms with Crippen molar-refractivity contribution in [3.05, 3.63) is 34.9 Å². The Kier molecular flexibility index (Phi) is 6.26. The van der Waals surface area contributed by atoms with Gasteiger partial charge in [0.05, 0.1) is 0 Å². The molecule has 128 valence electrons. The van der Waals surface area contributed by atoms with Gasteiger partial charge in [0, 0.05) is 37.7 Å². The molecule has 0 spiro atoms. The molecule has 0 atom stereocenters. The van der Waals surface area contributed by atoms with E-state index in [0.717, 1.165) is 12.1 Å². The highest BCUT2D eigenvalue weighted by Gasteiger charge is 2.28. The molecule has 1 amide bonds. The maximum absolute atomic E-state index is 12.0. The van der Waals surface area contributed by atoms with Gasteiger partial charge in [-0.1, -0.05) is 23.7 Å². The molecule has 8 heteroatoms. The molecule has 0 saturated carbocycles. The second kappa shape index (κ2) is 7.99. The molecule has 0 unspecified atom stereocenters. The fourth-order valence-corrected chi connectivity index (χ4v) is 2.47. The Bertz CT molecular complexity index is 514. The Morgan fingerprint density at radius 1 is 1.13 bits per heavy atom. The van der Waals surface area contributed by atoms with Crippen LogP contribution in [0, 0.1) is 0 Å². The van der Waals surface area contributed by atoms with Gasteiger partial charge in [-0.25, -0.2) is 0 Å². The number of carbonyl (C=O) groups is 1. The van der Waals surface area contributed by atoms with E-state index in [0.29, 0.717) is 31.2 Å². The number of carbonyl (C=O) groups excluding carboxylic acids is 1. The number of hydrogen-bond acceptors (Lipinski definition) is 3. The van der Waals surface area contributed by atoms with Crippen LogP contribution in [0.1, 0.15) is 5.56 Å². The number of alkyl halides is 3. The van der Waals surface area contributed by atoms with Crippen LogP contribution in [0.15, 0.2) is 24.3 Å². The number of hydrogen-bond donors (Lipinski definition) is 0. The normalized spacial score (nSPS) is 16.6. The lowest BCUT2D eigenvalue weighted by atomic mass is 10.2. The molecular weight excluding hydrogens is 333 g/mol. The maximum atomic E-state index is 12.0. The lowest BCUT2D eigenvalue weighted by Gasteiger charge is -2.34. The minimum absolute atomic E-state index is 0.402. The summed E-state index contributed by atoms with van der Waals surface area (Å²) >= 11 is 5.84. The summed E-state index contributed by atoms with van der Waals surface area (Å²) in [5, 5.41) is 0.683. The third kappa shape index (κ3) is 6.37. The summed E-state index contributed by atoms with van der Waals surface area (Å²) in [5.74, 6) is -0.402. The fraction of sp³-hybridized carbons (Fsp3) is 0.533. The molecule has 2 rings (SSSR count). The molecule has 1 saturated heterocycles. The number of ether oxygens (including phenoxy) is 1. The quantitative estimate of drug-likeness (QED) is 0.818. The van der Waals surface area contributed by atoms with Crippen molar-refractivity contribution < 1.29 is 22.7 Å². The zero-order valence-corrected chi connectivity index (χ0v) is 13.2. The summed E-state index contributed by atoms with van der Waals surface area (Å²) in [6, 6.07) is 7.55. The van der Waals surface area contributed by atoms with Gasteiger partial charge in [-0.2, -0.15) is 13.2 Å². The average Bonchev–Trinajstić information content (AvgIpc) is 2.49. The second-order valence-electron chi connectivity index (χ2n) is 5.39. The molecular formula is C15H18ClF3N2O2. The number of benzene rings is 1. The van der Waals surface area contributed by atoms with E-state index in [1.807, 2.05) is 24.3 Å².